The van der Waals surface area contributed by atoms with Crippen molar-refractivity contribution in [3.63, 3.8) is 0 Å². The van der Waals surface area contributed by atoms with Crippen LogP contribution in [0.2, 0.25) is 0 Å². The molecule has 1 aromatic carbocycles. The fourth-order valence-corrected chi connectivity index (χ4v) is 2.60. The van der Waals surface area contributed by atoms with Crippen molar-refractivity contribution in [3.8, 4) is 5.75 Å². The SMILES string of the molecule is Cc1cc([C@@H](C)N)ccc1OCC(=O)NC1CCCC1. The van der Waals surface area contributed by atoms with Gasteiger partial charge in [-0.15, -0.1) is 0 Å². The highest BCUT2D eigenvalue weighted by Crippen LogP contribution is 2.22. The molecule has 0 aromatic heterocycles. The van der Waals surface area contributed by atoms with Gasteiger partial charge in [0.15, 0.2) is 6.61 Å². The van der Waals surface area contributed by atoms with Gasteiger partial charge in [-0.2, -0.15) is 0 Å². The number of rotatable bonds is 5. The lowest BCUT2D eigenvalue weighted by molar-refractivity contribution is -0.123. The molecule has 0 heterocycles. The zero-order chi connectivity index (χ0) is 14.5. The summed E-state index contributed by atoms with van der Waals surface area (Å²) in [4.78, 5) is 11.8. The van der Waals surface area contributed by atoms with Crippen molar-refractivity contribution < 1.29 is 9.53 Å². The smallest absolute Gasteiger partial charge is 0.258 e. The molecule has 1 atom stereocenters. The predicted molar refractivity (Wildman–Crippen MR) is 79.7 cm³/mol. The Hall–Kier alpha value is -1.55. The van der Waals surface area contributed by atoms with Crippen molar-refractivity contribution in [3.05, 3.63) is 29.3 Å². The van der Waals surface area contributed by atoms with E-state index in [0.29, 0.717) is 6.04 Å². The molecule has 1 saturated carbocycles. The van der Waals surface area contributed by atoms with Crippen LogP contribution in [0.25, 0.3) is 0 Å². The van der Waals surface area contributed by atoms with Gasteiger partial charge in [-0.1, -0.05) is 25.0 Å². The summed E-state index contributed by atoms with van der Waals surface area (Å²) >= 11 is 0. The highest BCUT2D eigenvalue weighted by Gasteiger charge is 2.17. The van der Waals surface area contributed by atoms with Gasteiger partial charge < -0.3 is 15.8 Å². The molecule has 0 bridgehead atoms. The van der Waals surface area contributed by atoms with E-state index >= 15 is 0 Å². The minimum Gasteiger partial charge on any atom is -0.484 e. The van der Waals surface area contributed by atoms with Gasteiger partial charge in [0, 0.05) is 12.1 Å². The minimum absolute atomic E-state index is 0.00779. The molecule has 1 amide bonds. The molecule has 0 saturated heterocycles. The van der Waals surface area contributed by atoms with E-state index in [9.17, 15) is 4.79 Å². The van der Waals surface area contributed by atoms with E-state index in [-0.39, 0.29) is 18.6 Å². The second kappa shape index (κ2) is 6.75. The van der Waals surface area contributed by atoms with Crippen molar-refractivity contribution in [2.24, 2.45) is 5.73 Å². The van der Waals surface area contributed by atoms with Gasteiger partial charge in [0.25, 0.3) is 5.91 Å². The summed E-state index contributed by atoms with van der Waals surface area (Å²) in [6.45, 7) is 4.00. The van der Waals surface area contributed by atoms with Gasteiger partial charge in [0.1, 0.15) is 5.75 Å². The Morgan fingerprint density at radius 2 is 2.15 bits per heavy atom. The molecule has 0 spiro atoms. The largest absolute Gasteiger partial charge is 0.484 e. The molecular weight excluding hydrogens is 252 g/mol. The molecular formula is C16H24N2O2. The zero-order valence-electron chi connectivity index (χ0n) is 12.3. The number of carbonyl (C=O) groups is 1. The van der Waals surface area contributed by atoms with E-state index in [1.54, 1.807) is 0 Å². The summed E-state index contributed by atoms with van der Waals surface area (Å²) in [5.74, 6) is 0.712. The summed E-state index contributed by atoms with van der Waals surface area (Å²) in [6.07, 6.45) is 4.61. The van der Waals surface area contributed by atoms with Crippen molar-refractivity contribution in [2.75, 3.05) is 6.61 Å². The Morgan fingerprint density at radius 1 is 1.45 bits per heavy atom. The molecule has 3 N–H and O–H groups in total. The number of amides is 1. The number of ether oxygens (including phenoxy) is 1. The van der Waals surface area contributed by atoms with Gasteiger partial charge in [0.05, 0.1) is 0 Å². The van der Waals surface area contributed by atoms with E-state index in [2.05, 4.69) is 5.32 Å². The van der Waals surface area contributed by atoms with Crippen LogP contribution in [-0.4, -0.2) is 18.6 Å². The summed E-state index contributed by atoms with van der Waals surface area (Å²) in [6, 6.07) is 6.19. The Labute approximate surface area is 120 Å². The Morgan fingerprint density at radius 3 is 2.75 bits per heavy atom. The average Bonchev–Trinajstić information content (AvgIpc) is 2.90. The number of nitrogens with one attached hydrogen (secondary N) is 1. The standard InChI is InChI=1S/C16H24N2O2/c1-11-9-13(12(2)17)7-8-15(11)20-10-16(19)18-14-5-3-4-6-14/h7-9,12,14H,3-6,10,17H2,1-2H3,(H,18,19)/t12-/m1/s1. The first kappa shape index (κ1) is 14.9. The third kappa shape index (κ3) is 3.97. The maximum atomic E-state index is 11.8. The van der Waals surface area contributed by atoms with E-state index in [1.807, 2.05) is 32.0 Å². The maximum Gasteiger partial charge on any atom is 0.258 e. The van der Waals surface area contributed by atoms with Crippen LogP contribution < -0.4 is 15.8 Å². The van der Waals surface area contributed by atoms with E-state index < -0.39 is 0 Å². The number of carbonyl (C=O) groups excluding carboxylic acids is 1. The number of aryl methyl sites for hydroxylation is 1. The second-order valence-corrected chi connectivity index (χ2v) is 5.65. The average molecular weight is 276 g/mol. The third-order valence-corrected chi connectivity index (χ3v) is 3.80. The zero-order valence-corrected chi connectivity index (χ0v) is 12.3. The lowest BCUT2D eigenvalue weighted by Gasteiger charge is -2.14. The molecule has 1 aliphatic rings. The maximum absolute atomic E-state index is 11.8. The highest BCUT2D eigenvalue weighted by molar-refractivity contribution is 5.77. The lowest BCUT2D eigenvalue weighted by atomic mass is 10.1. The molecule has 4 heteroatoms. The van der Waals surface area contributed by atoms with Crippen molar-refractivity contribution >= 4 is 5.91 Å². The van der Waals surface area contributed by atoms with Gasteiger partial charge in [-0.3, -0.25) is 4.79 Å². The summed E-state index contributed by atoms with van der Waals surface area (Å²) in [5, 5.41) is 3.01. The van der Waals surface area contributed by atoms with Crippen molar-refractivity contribution in [1.29, 1.82) is 0 Å². The normalized spacial score (nSPS) is 16.9. The van der Waals surface area contributed by atoms with Crippen molar-refractivity contribution in [1.82, 2.24) is 5.32 Å². The second-order valence-electron chi connectivity index (χ2n) is 5.65. The molecule has 1 fully saturated rings. The quantitative estimate of drug-likeness (QED) is 0.868. The van der Waals surface area contributed by atoms with Crippen LogP contribution in [0.4, 0.5) is 0 Å². The molecule has 0 unspecified atom stereocenters. The van der Waals surface area contributed by atoms with E-state index in [0.717, 1.165) is 29.7 Å². The number of benzene rings is 1. The van der Waals surface area contributed by atoms with Gasteiger partial charge in [-0.05, 0) is 43.9 Å². The molecule has 2 rings (SSSR count). The fourth-order valence-electron chi connectivity index (χ4n) is 2.60. The van der Waals surface area contributed by atoms with E-state index in [1.165, 1.54) is 12.8 Å². The highest BCUT2D eigenvalue weighted by atomic mass is 16.5. The first-order chi connectivity index (χ1) is 9.56. The topological polar surface area (TPSA) is 64.3 Å². The minimum atomic E-state index is -0.0347. The number of nitrogens with two attached hydrogens (primary N) is 1. The molecule has 20 heavy (non-hydrogen) atoms. The molecule has 0 aliphatic heterocycles. The number of hydrogen-bond donors (Lipinski definition) is 2. The van der Waals surface area contributed by atoms with Crippen LogP contribution in [0.5, 0.6) is 5.75 Å². The van der Waals surface area contributed by atoms with Crippen LogP contribution in [0, 0.1) is 6.92 Å². The Kier molecular flexibility index (Phi) is 5.01. The Bertz CT molecular complexity index is 466. The van der Waals surface area contributed by atoms with Crippen LogP contribution in [-0.2, 0) is 4.79 Å². The predicted octanol–water partition coefficient (Wildman–Crippen LogP) is 2.45. The Balaban J connectivity index is 1.85. The molecule has 1 aliphatic carbocycles. The van der Waals surface area contributed by atoms with Gasteiger partial charge in [-0.25, -0.2) is 0 Å². The summed E-state index contributed by atoms with van der Waals surface area (Å²) in [7, 11) is 0. The van der Waals surface area contributed by atoms with Crippen LogP contribution in [0.3, 0.4) is 0 Å². The lowest BCUT2D eigenvalue weighted by Crippen LogP contribution is -2.36. The van der Waals surface area contributed by atoms with Gasteiger partial charge >= 0.3 is 0 Å². The van der Waals surface area contributed by atoms with Crippen LogP contribution >= 0.6 is 0 Å². The van der Waals surface area contributed by atoms with E-state index in [4.69, 9.17) is 10.5 Å². The van der Waals surface area contributed by atoms with Crippen LogP contribution in [0.1, 0.15) is 49.8 Å². The summed E-state index contributed by atoms with van der Waals surface area (Å²) < 4.78 is 5.59. The first-order valence-corrected chi connectivity index (χ1v) is 7.34. The fraction of sp³-hybridized carbons (Fsp3) is 0.562. The molecule has 110 valence electrons. The molecule has 0 radical (unpaired) electrons. The summed E-state index contributed by atoms with van der Waals surface area (Å²) in [5.41, 5.74) is 7.92. The first-order valence-electron chi connectivity index (χ1n) is 7.34. The molecule has 1 aromatic rings. The third-order valence-electron chi connectivity index (χ3n) is 3.80. The van der Waals surface area contributed by atoms with Crippen molar-refractivity contribution in [2.45, 2.75) is 51.6 Å². The molecule has 4 nitrogen and oxygen atoms in total. The van der Waals surface area contributed by atoms with Crippen LogP contribution in [0.15, 0.2) is 18.2 Å². The van der Waals surface area contributed by atoms with Gasteiger partial charge in [0.2, 0.25) is 0 Å². The monoisotopic (exact) mass is 276 g/mol. The number of hydrogen-bond acceptors (Lipinski definition) is 3.